The maximum absolute atomic E-state index is 5.51. The Balaban J connectivity index is 1.50. The van der Waals surface area contributed by atoms with Gasteiger partial charge in [0.05, 0.1) is 6.54 Å². The van der Waals surface area contributed by atoms with E-state index >= 15 is 0 Å². The molecular weight excluding hydrogens is 338 g/mol. The van der Waals surface area contributed by atoms with Crippen LogP contribution in [0.3, 0.4) is 0 Å². The van der Waals surface area contributed by atoms with Gasteiger partial charge >= 0.3 is 0 Å². The third-order valence-corrected chi connectivity index (χ3v) is 5.01. The molecule has 1 aliphatic heterocycles. The molecule has 0 aliphatic carbocycles. The lowest BCUT2D eigenvalue weighted by atomic mass is 9.94. The first-order chi connectivity index (χ1) is 13.2. The van der Waals surface area contributed by atoms with Crippen molar-refractivity contribution in [1.29, 1.82) is 0 Å². The minimum atomic E-state index is 0.511. The van der Waals surface area contributed by atoms with Gasteiger partial charge < -0.3 is 14.7 Å². The van der Waals surface area contributed by atoms with Crippen LogP contribution in [0.1, 0.15) is 36.0 Å². The minimum Gasteiger partial charge on any atom is -0.356 e. The predicted molar refractivity (Wildman–Crippen MR) is 106 cm³/mol. The third kappa shape index (κ3) is 4.17. The van der Waals surface area contributed by atoms with E-state index in [1.54, 1.807) is 0 Å². The molecule has 0 amide bonds. The second kappa shape index (κ2) is 7.88. The summed E-state index contributed by atoms with van der Waals surface area (Å²) in [5.74, 6) is 3.04. The van der Waals surface area contributed by atoms with Crippen LogP contribution in [0.2, 0.25) is 0 Å². The molecule has 0 unspecified atom stereocenters. The number of hydrogen-bond donors (Lipinski definition) is 1. The highest BCUT2D eigenvalue weighted by molar-refractivity contribution is 5.57. The van der Waals surface area contributed by atoms with Crippen LogP contribution in [0, 0.1) is 6.92 Å². The Morgan fingerprint density at radius 1 is 1.11 bits per heavy atom. The zero-order chi connectivity index (χ0) is 18.6. The van der Waals surface area contributed by atoms with Gasteiger partial charge in [-0.1, -0.05) is 35.5 Å². The summed E-state index contributed by atoms with van der Waals surface area (Å²) in [6.45, 7) is 4.71. The average Bonchev–Trinajstić information content (AvgIpc) is 3.17. The fourth-order valence-corrected chi connectivity index (χ4v) is 3.55. The van der Waals surface area contributed by atoms with E-state index in [1.165, 1.54) is 0 Å². The van der Waals surface area contributed by atoms with Crippen LogP contribution in [0.5, 0.6) is 0 Å². The summed E-state index contributed by atoms with van der Waals surface area (Å²) in [6, 6.07) is 14.1. The zero-order valence-corrected chi connectivity index (χ0v) is 15.9. The van der Waals surface area contributed by atoms with Gasteiger partial charge in [0.2, 0.25) is 0 Å². The van der Waals surface area contributed by atoms with Gasteiger partial charge in [-0.15, -0.1) is 0 Å². The minimum absolute atomic E-state index is 0.511. The first kappa shape index (κ1) is 17.7. The normalized spacial score (nSPS) is 15.0. The lowest BCUT2D eigenvalue weighted by molar-refractivity contribution is 0.423. The van der Waals surface area contributed by atoms with Gasteiger partial charge in [-0.2, -0.15) is 0 Å². The molecule has 3 heterocycles. The monoisotopic (exact) mass is 363 g/mol. The van der Waals surface area contributed by atoms with Crippen LogP contribution in [0.15, 0.2) is 47.0 Å². The Bertz CT molecular complexity index is 887. The van der Waals surface area contributed by atoms with E-state index in [0.29, 0.717) is 12.5 Å². The number of nitrogens with one attached hydrogen (secondary N) is 1. The summed E-state index contributed by atoms with van der Waals surface area (Å²) in [4.78, 5) is 11.4. The van der Waals surface area contributed by atoms with E-state index in [1.807, 2.05) is 50.4 Å². The van der Waals surface area contributed by atoms with Crippen molar-refractivity contribution in [3.05, 3.63) is 59.7 Å². The number of aromatic nitrogens is 3. The zero-order valence-electron chi connectivity index (χ0n) is 15.9. The molecule has 140 valence electrons. The van der Waals surface area contributed by atoms with Crippen molar-refractivity contribution < 1.29 is 4.52 Å². The van der Waals surface area contributed by atoms with Crippen LogP contribution < -0.4 is 10.2 Å². The molecule has 6 nitrogen and oxygen atoms in total. The number of benzene rings is 1. The molecule has 0 atom stereocenters. The van der Waals surface area contributed by atoms with Gasteiger partial charge in [0, 0.05) is 36.4 Å². The molecule has 1 fully saturated rings. The molecular formula is C21H25N5O. The van der Waals surface area contributed by atoms with Crippen molar-refractivity contribution in [3.8, 4) is 11.3 Å². The van der Waals surface area contributed by atoms with E-state index in [0.717, 1.165) is 60.3 Å². The number of piperidine rings is 1. The highest BCUT2D eigenvalue weighted by Crippen LogP contribution is 2.27. The molecule has 0 saturated carbocycles. The van der Waals surface area contributed by atoms with Gasteiger partial charge in [0.15, 0.2) is 5.76 Å². The summed E-state index contributed by atoms with van der Waals surface area (Å²) in [5, 5.41) is 7.64. The van der Waals surface area contributed by atoms with Crippen molar-refractivity contribution in [2.75, 3.05) is 25.0 Å². The maximum Gasteiger partial charge on any atom is 0.167 e. The van der Waals surface area contributed by atoms with Crippen molar-refractivity contribution in [2.24, 2.45) is 0 Å². The van der Waals surface area contributed by atoms with Crippen LogP contribution in [-0.2, 0) is 6.54 Å². The van der Waals surface area contributed by atoms with Crippen molar-refractivity contribution in [2.45, 2.75) is 32.2 Å². The first-order valence-electron chi connectivity index (χ1n) is 9.47. The number of aryl methyl sites for hydroxylation is 1. The molecule has 4 rings (SSSR count). The Labute approximate surface area is 159 Å². The predicted octanol–water partition coefficient (Wildman–Crippen LogP) is 3.54. The van der Waals surface area contributed by atoms with Crippen LogP contribution in [-0.4, -0.2) is 35.3 Å². The summed E-state index contributed by atoms with van der Waals surface area (Å²) >= 11 is 0. The third-order valence-electron chi connectivity index (χ3n) is 5.01. The summed E-state index contributed by atoms with van der Waals surface area (Å²) < 4.78 is 5.51. The molecule has 0 radical (unpaired) electrons. The van der Waals surface area contributed by atoms with Crippen molar-refractivity contribution in [1.82, 2.24) is 20.4 Å². The molecule has 6 heteroatoms. The summed E-state index contributed by atoms with van der Waals surface area (Å²) in [7, 11) is 2.03. The lowest BCUT2D eigenvalue weighted by Gasteiger charge is -2.24. The highest BCUT2D eigenvalue weighted by atomic mass is 16.5. The van der Waals surface area contributed by atoms with E-state index < -0.39 is 0 Å². The Kier molecular flexibility index (Phi) is 5.16. The second-order valence-corrected chi connectivity index (χ2v) is 7.13. The molecule has 1 saturated heterocycles. The Hall–Kier alpha value is -2.73. The highest BCUT2D eigenvalue weighted by Gasteiger charge is 2.19. The average molecular weight is 363 g/mol. The van der Waals surface area contributed by atoms with Crippen molar-refractivity contribution in [3.63, 3.8) is 0 Å². The lowest BCUT2D eigenvalue weighted by Crippen LogP contribution is -2.27. The number of anilines is 1. The van der Waals surface area contributed by atoms with Gasteiger partial charge in [-0.05, 0) is 32.9 Å². The molecule has 3 aromatic rings. The summed E-state index contributed by atoms with van der Waals surface area (Å²) in [5.41, 5.74) is 3.07. The fraction of sp³-hybridized carbons (Fsp3) is 0.381. The SMILES string of the molecule is Cc1nc(C2CCNCC2)cc(N(C)Cc2cc(-c3ccccc3)on2)n1. The molecule has 27 heavy (non-hydrogen) atoms. The Morgan fingerprint density at radius 3 is 2.67 bits per heavy atom. The van der Waals surface area contributed by atoms with Crippen molar-refractivity contribution >= 4 is 5.82 Å². The van der Waals surface area contributed by atoms with Crippen LogP contribution in [0.4, 0.5) is 5.82 Å². The molecule has 1 aliphatic rings. The van der Waals surface area contributed by atoms with Gasteiger partial charge in [0.25, 0.3) is 0 Å². The molecule has 1 aromatic carbocycles. The quantitative estimate of drug-likeness (QED) is 0.748. The smallest absolute Gasteiger partial charge is 0.167 e. The number of nitrogens with zero attached hydrogens (tertiary/aromatic N) is 4. The van der Waals surface area contributed by atoms with Gasteiger partial charge in [-0.25, -0.2) is 9.97 Å². The topological polar surface area (TPSA) is 67.1 Å². The van der Waals surface area contributed by atoms with Crippen LogP contribution >= 0.6 is 0 Å². The fourth-order valence-electron chi connectivity index (χ4n) is 3.55. The van der Waals surface area contributed by atoms with E-state index in [2.05, 4.69) is 26.4 Å². The standard InChI is InChI=1S/C21H25N5O/c1-15-23-19(16-8-10-22-11-9-16)13-21(24-15)26(2)14-18-12-20(27-25-18)17-6-4-3-5-7-17/h3-7,12-13,16,22H,8-11,14H2,1-2H3. The van der Waals surface area contributed by atoms with E-state index in [9.17, 15) is 0 Å². The van der Waals surface area contributed by atoms with Gasteiger partial charge in [0.1, 0.15) is 17.3 Å². The van der Waals surface area contributed by atoms with E-state index in [4.69, 9.17) is 9.51 Å². The summed E-state index contributed by atoms with van der Waals surface area (Å²) in [6.07, 6.45) is 2.26. The molecule has 0 spiro atoms. The van der Waals surface area contributed by atoms with Gasteiger partial charge in [-0.3, -0.25) is 0 Å². The van der Waals surface area contributed by atoms with Crippen LogP contribution in [0.25, 0.3) is 11.3 Å². The Morgan fingerprint density at radius 2 is 1.89 bits per heavy atom. The first-order valence-corrected chi connectivity index (χ1v) is 9.47. The number of hydrogen-bond acceptors (Lipinski definition) is 6. The molecule has 1 N–H and O–H groups in total. The second-order valence-electron chi connectivity index (χ2n) is 7.13. The largest absolute Gasteiger partial charge is 0.356 e. The molecule has 2 aromatic heterocycles. The molecule has 0 bridgehead atoms. The number of rotatable bonds is 5. The maximum atomic E-state index is 5.51. The van der Waals surface area contributed by atoms with E-state index in [-0.39, 0.29) is 0 Å².